The van der Waals surface area contributed by atoms with Crippen LogP contribution >= 0.6 is 12.4 Å². The Labute approximate surface area is 164 Å². The van der Waals surface area contributed by atoms with Crippen molar-refractivity contribution in [1.29, 1.82) is 0 Å². The van der Waals surface area contributed by atoms with Crippen molar-refractivity contribution in [2.75, 3.05) is 0 Å². The van der Waals surface area contributed by atoms with E-state index < -0.39 is 0 Å². The van der Waals surface area contributed by atoms with E-state index in [1.165, 1.54) is 32.6 Å². The standard InChI is InChI=1S/C21H35NO3.ClH/c1-12(23)25-14-6-8-20(2)13(10-14)4-5-15-16(20)7-9-21(3)17(15)11-18(24)19(21)22;/h13-19,24H,4-11,22H2,1-3H3;1H/t13?,14?,15-,16-,17+,18?,19?,20+,21+;/m1./s1. The fourth-order valence-electron chi connectivity index (χ4n) is 7.61. The smallest absolute Gasteiger partial charge is 0.302 e. The number of esters is 1. The first-order valence-electron chi connectivity index (χ1n) is 10.4. The van der Waals surface area contributed by atoms with Gasteiger partial charge in [-0.25, -0.2) is 0 Å². The predicted octanol–water partition coefficient (Wildman–Crippen LogP) is 3.68. The number of ether oxygens (including phenoxy) is 1. The highest BCUT2D eigenvalue weighted by Crippen LogP contribution is 2.66. The first-order valence-corrected chi connectivity index (χ1v) is 10.4. The van der Waals surface area contributed by atoms with Crippen LogP contribution in [-0.2, 0) is 9.53 Å². The van der Waals surface area contributed by atoms with Crippen LogP contribution < -0.4 is 5.73 Å². The number of hydrogen-bond acceptors (Lipinski definition) is 4. The number of hydrogen-bond donors (Lipinski definition) is 2. The molecule has 0 saturated heterocycles. The lowest BCUT2D eigenvalue weighted by Crippen LogP contribution is -2.55. The van der Waals surface area contributed by atoms with Gasteiger partial charge in [0.05, 0.1) is 6.10 Å². The molecule has 4 unspecified atom stereocenters. The third-order valence-electron chi connectivity index (χ3n) is 9.06. The minimum Gasteiger partial charge on any atom is -0.463 e. The monoisotopic (exact) mass is 385 g/mol. The zero-order valence-corrected chi connectivity index (χ0v) is 17.3. The summed E-state index contributed by atoms with van der Waals surface area (Å²) >= 11 is 0. The maximum atomic E-state index is 11.3. The lowest BCUT2D eigenvalue weighted by Gasteiger charge is -2.60. The maximum absolute atomic E-state index is 11.3. The summed E-state index contributed by atoms with van der Waals surface area (Å²) < 4.78 is 5.55. The van der Waals surface area contributed by atoms with Crippen molar-refractivity contribution in [3.05, 3.63) is 0 Å². The molecule has 4 rings (SSSR count). The van der Waals surface area contributed by atoms with E-state index in [0.29, 0.717) is 23.2 Å². The molecule has 0 amide bonds. The molecule has 4 nitrogen and oxygen atoms in total. The molecule has 26 heavy (non-hydrogen) atoms. The normalized spacial score (nSPS) is 52.9. The van der Waals surface area contributed by atoms with Crippen molar-refractivity contribution < 1.29 is 14.6 Å². The van der Waals surface area contributed by atoms with Crippen molar-refractivity contribution in [1.82, 2.24) is 0 Å². The van der Waals surface area contributed by atoms with Crippen molar-refractivity contribution in [2.24, 2.45) is 40.2 Å². The summed E-state index contributed by atoms with van der Waals surface area (Å²) in [6.07, 6.45) is 8.86. The van der Waals surface area contributed by atoms with Crippen molar-refractivity contribution in [2.45, 2.75) is 90.4 Å². The number of carbonyl (C=O) groups is 1. The quantitative estimate of drug-likeness (QED) is 0.675. The molecule has 0 aliphatic heterocycles. The summed E-state index contributed by atoms with van der Waals surface area (Å²) in [6.45, 7) is 6.37. The van der Waals surface area contributed by atoms with Crippen LogP contribution in [0.15, 0.2) is 0 Å². The number of fused-ring (bicyclic) bond motifs is 5. The van der Waals surface area contributed by atoms with Crippen LogP contribution in [-0.4, -0.2) is 29.3 Å². The van der Waals surface area contributed by atoms with Crippen molar-refractivity contribution >= 4 is 18.4 Å². The Morgan fingerprint density at radius 2 is 1.73 bits per heavy atom. The van der Waals surface area contributed by atoms with Gasteiger partial charge in [-0.15, -0.1) is 12.4 Å². The topological polar surface area (TPSA) is 72.5 Å². The molecule has 0 spiro atoms. The molecule has 3 N–H and O–H groups in total. The second kappa shape index (κ2) is 6.93. The fraction of sp³-hybridized carbons (Fsp3) is 0.952. The number of carbonyl (C=O) groups excluding carboxylic acids is 1. The summed E-state index contributed by atoms with van der Waals surface area (Å²) in [6, 6.07) is -0.0521. The predicted molar refractivity (Wildman–Crippen MR) is 104 cm³/mol. The highest BCUT2D eigenvalue weighted by Gasteiger charge is 2.61. The lowest BCUT2D eigenvalue weighted by atomic mass is 9.45. The van der Waals surface area contributed by atoms with Crippen LogP contribution in [0.4, 0.5) is 0 Å². The minimum atomic E-state index is -0.320. The summed E-state index contributed by atoms with van der Waals surface area (Å²) in [5.41, 5.74) is 6.92. The molecule has 0 radical (unpaired) electrons. The van der Waals surface area contributed by atoms with E-state index in [0.717, 1.165) is 31.6 Å². The lowest BCUT2D eigenvalue weighted by molar-refractivity contribution is -0.159. The molecule has 0 aromatic rings. The summed E-state index contributed by atoms with van der Waals surface area (Å²) in [5, 5.41) is 10.4. The Balaban J connectivity index is 0.00000196. The molecule has 0 heterocycles. The largest absolute Gasteiger partial charge is 0.463 e. The van der Waals surface area contributed by atoms with Gasteiger partial charge < -0.3 is 15.6 Å². The van der Waals surface area contributed by atoms with Crippen LogP contribution in [0.25, 0.3) is 0 Å². The van der Waals surface area contributed by atoms with E-state index in [4.69, 9.17) is 10.5 Å². The molecule has 150 valence electrons. The van der Waals surface area contributed by atoms with E-state index in [1.807, 2.05) is 0 Å². The zero-order valence-electron chi connectivity index (χ0n) is 16.4. The Morgan fingerprint density at radius 3 is 2.42 bits per heavy atom. The second-order valence-corrected chi connectivity index (χ2v) is 10.0. The maximum Gasteiger partial charge on any atom is 0.302 e. The Kier molecular flexibility index (Phi) is 5.44. The Morgan fingerprint density at radius 1 is 1.04 bits per heavy atom. The van der Waals surface area contributed by atoms with Gasteiger partial charge in [-0.05, 0) is 85.9 Å². The summed E-state index contributed by atoms with van der Waals surface area (Å²) in [7, 11) is 0. The molecule has 9 atom stereocenters. The Bertz CT molecular complexity index is 557. The van der Waals surface area contributed by atoms with Gasteiger partial charge in [-0.2, -0.15) is 0 Å². The van der Waals surface area contributed by atoms with Crippen molar-refractivity contribution in [3.8, 4) is 0 Å². The zero-order chi connectivity index (χ0) is 18.0. The molecule has 5 heteroatoms. The van der Waals surface area contributed by atoms with Crippen LogP contribution in [0.2, 0.25) is 0 Å². The molecule has 0 bridgehead atoms. The summed E-state index contributed by atoms with van der Waals surface area (Å²) in [5.74, 6) is 2.59. The second-order valence-electron chi connectivity index (χ2n) is 10.0. The third-order valence-corrected chi connectivity index (χ3v) is 9.06. The van der Waals surface area contributed by atoms with E-state index in [2.05, 4.69) is 13.8 Å². The van der Waals surface area contributed by atoms with Crippen LogP contribution in [0.5, 0.6) is 0 Å². The fourth-order valence-corrected chi connectivity index (χ4v) is 7.61. The van der Waals surface area contributed by atoms with Gasteiger partial charge >= 0.3 is 5.97 Å². The van der Waals surface area contributed by atoms with Gasteiger partial charge in [0.1, 0.15) is 6.10 Å². The highest BCUT2D eigenvalue weighted by molar-refractivity contribution is 5.85. The van der Waals surface area contributed by atoms with Gasteiger partial charge in [0.25, 0.3) is 0 Å². The molecule has 4 fully saturated rings. The first-order chi connectivity index (χ1) is 11.8. The van der Waals surface area contributed by atoms with Crippen LogP contribution in [0.3, 0.4) is 0 Å². The average molecular weight is 386 g/mol. The van der Waals surface area contributed by atoms with E-state index >= 15 is 0 Å². The van der Waals surface area contributed by atoms with Gasteiger partial charge in [-0.1, -0.05) is 13.8 Å². The molecular weight excluding hydrogens is 350 g/mol. The SMILES string of the molecule is CC(=O)OC1CC[C@@]2(C)C(CC[C@@H]3[C@H]2CC[C@]2(C)C(N)C(O)C[C@@H]32)C1.Cl. The van der Waals surface area contributed by atoms with Crippen LogP contribution in [0, 0.1) is 34.5 Å². The van der Waals surface area contributed by atoms with E-state index in [1.54, 1.807) is 0 Å². The number of rotatable bonds is 1. The number of nitrogens with two attached hydrogens (primary N) is 1. The molecule has 4 saturated carbocycles. The Hall–Kier alpha value is -0.320. The van der Waals surface area contributed by atoms with Gasteiger partial charge in [0.15, 0.2) is 0 Å². The van der Waals surface area contributed by atoms with Crippen LogP contribution in [0.1, 0.15) is 72.1 Å². The molecule has 4 aliphatic rings. The average Bonchev–Trinajstić information content (AvgIpc) is 2.78. The molecule has 4 aliphatic carbocycles. The van der Waals surface area contributed by atoms with E-state index in [9.17, 15) is 9.90 Å². The molecular formula is C21H36ClNO3. The third kappa shape index (κ3) is 2.91. The van der Waals surface area contributed by atoms with Gasteiger partial charge in [0, 0.05) is 13.0 Å². The van der Waals surface area contributed by atoms with Gasteiger partial charge in [-0.3, -0.25) is 4.79 Å². The summed E-state index contributed by atoms with van der Waals surface area (Å²) in [4.78, 5) is 11.3. The van der Waals surface area contributed by atoms with E-state index in [-0.39, 0.29) is 42.0 Å². The number of aliphatic hydroxyl groups is 1. The van der Waals surface area contributed by atoms with Gasteiger partial charge in [0.2, 0.25) is 0 Å². The number of aliphatic hydroxyl groups excluding tert-OH is 1. The first kappa shape index (κ1) is 20.4. The minimum absolute atomic E-state index is 0. The highest BCUT2D eigenvalue weighted by atomic mass is 35.5. The number of halogens is 1. The molecule has 0 aromatic carbocycles. The molecule has 0 aromatic heterocycles. The van der Waals surface area contributed by atoms with Crippen molar-refractivity contribution in [3.63, 3.8) is 0 Å².